The highest BCUT2D eigenvalue weighted by Crippen LogP contribution is 2.15. The lowest BCUT2D eigenvalue weighted by atomic mass is 10.1. The van der Waals surface area contributed by atoms with Gasteiger partial charge in [0.15, 0.2) is 9.84 Å². The highest BCUT2D eigenvalue weighted by atomic mass is 32.2. The van der Waals surface area contributed by atoms with Crippen LogP contribution in [0.25, 0.3) is 0 Å². The zero-order valence-corrected chi connectivity index (χ0v) is 7.88. The summed E-state index contributed by atoms with van der Waals surface area (Å²) in [5.41, 5.74) is -1.83. The van der Waals surface area contributed by atoms with Gasteiger partial charge in [-0.15, -0.1) is 0 Å². The fourth-order valence-electron chi connectivity index (χ4n) is 0.987. The van der Waals surface area contributed by atoms with Crippen LogP contribution in [0.5, 0.6) is 0 Å². The summed E-state index contributed by atoms with van der Waals surface area (Å²) in [6.07, 6.45) is 0.742. The topological polar surface area (TPSA) is 94.5 Å². The second-order valence-electron chi connectivity index (χ2n) is 3.18. The molecule has 0 aromatic rings. The van der Waals surface area contributed by atoms with Gasteiger partial charge in [-0.05, 0) is 13.8 Å². The summed E-state index contributed by atoms with van der Waals surface area (Å²) in [6.45, 7) is 2.21. The number of aliphatic hydroxyl groups is 1. The molecular formula is C6H11O5S-. The minimum atomic E-state index is -3.83. The SMILES string of the molecule is CC(C)(O)[C@H](C(=O)[O-])S(C)(=O)=O. The lowest BCUT2D eigenvalue weighted by Gasteiger charge is -2.28. The first-order chi connectivity index (χ1) is 5.07. The molecule has 0 spiro atoms. The Bertz CT molecular complexity index is 271. The van der Waals surface area contributed by atoms with E-state index in [1.165, 1.54) is 0 Å². The summed E-state index contributed by atoms with van der Waals surface area (Å²) in [5, 5.41) is 17.6. The maximum Gasteiger partial charge on any atom is 0.158 e. The molecule has 0 aliphatic carbocycles. The van der Waals surface area contributed by atoms with Crippen molar-refractivity contribution < 1.29 is 23.4 Å². The second-order valence-corrected chi connectivity index (χ2v) is 5.31. The molecule has 1 atom stereocenters. The summed E-state index contributed by atoms with van der Waals surface area (Å²) in [7, 11) is -3.83. The highest BCUT2D eigenvalue weighted by molar-refractivity contribution is 7.92. The molecule has 0 heterocycles. The smallest absolute Gasteiger partial charge is 0.158 e. The van der Waals surface area contributed by atoms with Crippen LogP contribution < -0.4 is 5.11 Å². The number of carboxylic acids is 1. The summed E-state index contributed by atoms with van der Waals surface area (Å²) >= 11 is 0. The normalized spacial score (nSPS) is 15.7. The van der Waals surface area contributed by atoms with Crippen LogP contribution in [0.2, 0.25) is 0 Å². The number of rotatable bonds is 3. The number of carbonyl (C=O) groups is 1. The van der Waals surface area contributed by atoms with Crippen molar-refractivity contribution >= 4 is 15.8 Å². The highest BCUT2D eigenvalue weighted by Gasteiger charge is 2.36. The first-order valence-electron chi connectivity index (χ1n) is 3.19. The largest absolute Gasteiger partial charge is 0.549 e. The Labute approximate surface area is 70.9 Å². The average molecular weight is 195 g/mol. The summed E-state index contributed by atoms with van der Waals surface area (Å²) in [5.74, 6) is -1.79. The molecule has 0 rings (SSSR count). The fraction of sp³-hybridized carbons (Fsp3) is 0.833. The summed E-state index contributed by atoms with van der Waals surface area (Å²) in [4.78, 5) is 10.3. The van der Waals surface area contributed by atoms with Gasteiger partial charge >= 0.3 is 0 Å². The van der Waals surface area contributed by atoms with Crippen LogP contribution in [0.3, 0.4) is 0 Å². The minimum absolute atomic E-state index is 0.742. The average Bonchev–Trinajstić information content (AvgIpc) is 1.49. The van der Waals surface area contributed by atoms with Gasteiger partial charge in [-0.1, -0.05) is 0 Å². The first-order valence-corrected chi connectivity index (χ1v) is 5.14. The molecule has 0 saturated carbocycles. The van der Waals surface area contributed by atoms with E-state index in [4.69, 9.17) is 0 Å². The van der Waals surface area contributed by atoms with Crippen molar-refractivity contribution in [1.82, 2.24) is 0 Å². The van der Waals surface area contributed by atoms with E-state index in [0.29, 0.717) is 0 Å². The molecule has 6 heteroatoms. The number of sulfone groups is 1. The van der Waals surface area contributed by atoms with E-state index in [9.17, 15) is 23.4 Å². The molecule has 0 unspecified atom stereocenters. The Morgan fingerprint density at radius 3 is 1.83 bits per heavy atom. The van der Waals surface area contributed by atoms with Crippen LogP contribution in [-0.4, -0.2) is 36.6 Å². The van der Waals surface area contributed by atoms with Gasteiger partial charge in [0.05, 0.1) is 11.6 Å². The number of hydrogen-bond acceptors (Lipinski definition) is 5. The molecule has 0 aliphatic rings. The molecule has 0 bridgehead atoms. The summed E-state index contributed by atoms with van der Waals surface area (Å²) < 4.78 is 21.7. The van der Waals surface area contributed by atoms with Crippen molar-refractivity contribution in [3.05, 3.63) is 0 Å². The van der Waals surface area contributed by atoms with Gasteiger partial charge in [-0.25, -0.2) is 8.42 Å². The van der Waals surface area contributed by atoms with Crippen LogP contribution in [0, 0.1) is 0 Å². The first kappa shape index (κ1) is 11.4. The van der Waals surface area contributed by atoms with Gasteiger partial charge in [0.1, 0.15) is 5.25 Å². The van der Waals surface area contributed by atoms with Crippen molar-refractivity contribution in [2.75, 3.05) is 6.26 Å². The number of aliphatic carboxylic acids is 1. The van der Waals surface area contributed by atoms with Crippen molar-refractivity contribution in [3.8, 4) is 0 Å². The minimum Gasteiger partial charge on any atom is -0.549 e. The third-order valence-electron chi connectivity index (χ3n) is 1.28. The monoisotopic (exact) mass is 195 g/mol. The molecule has 0 fully saturated rings. The second kappa shape index (κ2) is 3.02. The molecule has 72 valence electrons. The van der Waals surface area contributed by atoms with Crippen LogP contribution in [0.1, 0.15) is 13.8 Å². The van der Waals surface area contributed by atoms with Crippen molar-refractivity contribution in [2.24, 2.45) is 0 Å². The number of hydrogen-bond donors (Lipinski definition) is 1. The van der Waals surface area contributed by atoms with E-state index in [2.05, 4.69) is 0 Å². The van der Waals surface area contributed by atoms with Crippen LogP contribution in [0.4, 0.5) is 0 Å². The van der Waals surface area contributed by atoms with Crippen LogP contribution in [0.15, 0.2) is 0 Å². The van der Waals surface area contributed by atoms with Gasteiger partial charge in [0.25, 0.3) is 0 Å². The van der Waals surface area contributed by atoms with Gasteiger partial charge in [0.2, 0.25) is 0 Å². The molecule has 0 aliphatic heterocycles. The Hall–Kier alpha value is -0.620. The van der Waals surface area contributed by atoms with E-state index >= 15 is 0 Å². The van der Waals surface area contributed by atoms with E-state index in [0.717, 1.165) is 20.1 Å². The van der Waals surface area contributed by atoms with E-state index in [1.54, 1.807) is 0 Å². The Morgan fingerprint density at radius 1 is 1.50 bits per heavy atom. The molecule has 5 nitrogen and oxygen atoms in total. The molecule has 12 heavy (non-hydrogen) atoms. The maximum atomic E-state index is 10.8. The number of carbonyl (C=O) groups excluding carboxylic acids is 1. The van der Waals surface area contributed by atoms with Crippen molar-refractivity contribution in [1.29, 1.82) is 0 Å². The fourth-order valence-corrected chi connectivity index (χ4v) is 2.38. The molecule has 0 aromatic heterocycles. The molecular weight excluding hydrogens is 184 g/mol. The van der Waals surface area contributed by atoms with Gasteiger partial charge in [-0.2, -0.15) is 0 Å². The van der Waals surface area contributed by atoms with Crippen molar-refractivity contribution in [2.45, 2.75) is 24.7 Å². The Kier molecular flexibility index (Phi) is 2.87. The van der Waals surface area contributed by atoms with Crippen LogP contribution in [-0.2, 0) is 14.6 Å². The molecule has 1 N–H and O–H groups in total. The Balaban J connectivity index is 5.11. The predicted molar refractivity (Wildman–Crippen MR) is 39.9 cm³/mol. The van der Waals surface area contributed by atoms with E-state index in [-0.39, 0.29) is 0 Å². The summed E-state index contributed by atoms with van der Waals surface area (Å²) in [6, 6.07) is 0. The molecule has 0 amide bonds. The van der Waals surface area contributed by atoms with Crippen molar-refractivity contribution in [3.63, 3.8) is 0 Å². The van der Waals surface area contributed by atoms with Gasteiger partial charge in [-0.3, -0.25) is 0 Å². The third kappa shape index (κ3) is 2.78. The molecule has 0 aromatic carbocycles. The van der Waals surface area contributed by atoms with Crippen LogP contribution >= 0.6 is 0 Å². The quantitative estimate of drug-likeness (QED) is 0.557. The zero-order chi connectivity index (χ0) is 10.2. The standard InChI is InChI=1S/C6H12O5S/c1-6(2,9)4(5(7)8)12(3,10)11/h4,9H,1-3H3,(H,7,8)/p-1/t4-/m0/s1. The Morgan fingerprint density at radius 2 is 1.83 bits per heavy atom. The van der Waals surface area contributed by atoms with E-state index < -0.39 is 26.7 Å². The zero-order valence-electron chi connectivity index (χ0n) is 7.07. The predicted octanol–water partition coefficient (Wildman–Crippen LogP) is -2.08. The van der Waals surface area contributed by atoms with Gasteiger partial charge in [0, 0.05) is 6.26 Å². The molecule has 0 radical (unpaired) electrons. The maximum absolute atomic E-state index is 10.8. The number of carboxylic acid groups (broad SMARTS) is 1. The lowest BCUT2D eigenvalue weighted by molar-refractivity contribution is -0.307. The lowest BCUT2D eigenvalue weighted by Crippen LogP contribution is -2.53. The molecule has 0 saturated heterocycles. The third-order valence-corrected chi connectivity index (χ3v) is 2.91. The van der Waals surface area contributed by atoms with E-state index in [1.807, 2.05) is 0 Å². The van der Waals surface area contributed by atoms with Gasteiger partial charge < -0.3 is 15.0 Å².